The molecule has 0 fully saturated rings. The molecule has 30 heavy (non-hydrogen) atoms. The lowest BCUT2D eigenvalue weighted by Crippen LogP contribution is -1.92. The first-order valence-corrected chi connectivity index (χ1v) is 10.8. The number of oxazole rings is 1. The number of ether oxygens (including phenoxy) is 1. The van der Waals surface area contributed by atoms with Crippen LogP contribution in [0.5, 0.6) is 11.5 Å². The fraction of sp³-hybridized carbons (Fsp3) is 0.0909. The third-order valence-corrected chi connectivity index (χ3v) is 6.82. The van der Waals surface area contributed by atoms with Gasteiger partial charge in [0.15, 0.2) is 17.1 Å². The molecule has 4 rings (SSSR count). The van der Waals surface area contributed by atoms with Crippen LogP contribution in [0, 0.1) is 6.92 Å². The summed E-state index contributed by atoms with van der Waals surface area (Å²) in [5.41, 5.74) is 4.29. The molecular formula is C22H15Br2ClN2O3. The molecule has 0 aliphatic heterocycles. The van der Waals surface area contributed by atoms with Gasteiger partial charge in [-0.2, -0.15) is 0 Å². The number of fused-ring (bicyclic) bond motifs is 1. The molecule has 0 saturated carbocycles. The van der Waals surface area contributed by atoms with Crippen LogP contribution in [0.15, 0.2) is 60.8 Å². The lowest BCUT2D eigenvalue weighted by Gasteiger charge is -2.09. The van der Waals surface area contributed by atoms with Crippen LogP contribution >= 0.6 is 43.5 Å². The zero-order valence-corrected chi connectivity index (χ0v) is 19.8. The van der Waals surface area contributed by atoms with Gasteiger partial charge in [0.05, 0.1) is 28.9 Å². The van der Waals surface area contributed by atoms with Gasteiger partial charge >= 0.3 is 0 Å². The van der Waals surface area contributed by atoms with E-state index in [0.29, 0.717) is 43.5 Å². The van der Waals surface area contributed by atoms with Crippen LogP contribution in [0.1, 0.15) is 11.1 Å². The smallest absolute Gasteiger partial charge is 0.228 e. The van der Waals surface area contributed by atoms with Crippen molar-refractivity contribution in [2.75, 3.05) is 7.11 Å². The highest BCUT2D eigenvalue weighted by molar-refractivity contribution is 9.13. The molecule has 1 heterocycles. The van der Waals surface area contributed by atoms with Gasteiger partial charge in [0.2, 0.25) is 5.89 Å². The standard InChI is InChI=1S/C22H15Br2ClN2O3/c1-11-3-6-17-18(7-11)30-22(27-17)13-8-12(4-5-16(13)25)26-10-14-20(24)15(23)9-19(29-2)21(14)28/h3-10,28H,1-2H3. The summed E-state index contributed by atoms with van der Waals surface area (Å²) < 4.78 is 12.5. The average Bonchev–Trinajstić information content (AvgIpc) is 3.14. The van der Waals surface area contributed by atoms with E-state index in [2.05, 4.69) is 41.8 Å². The summed E-state index contributed by atoms with van der Waals surface area (Å²) in [6.45, 7) is 1.99. The first-order valence-electron chi connectivity index (χ1n) is 8.83. The van der Waals surface area contributed by atoms with Crippen molar-refractivity contribution in [3.05, 3.63) is 67.6 Å². The number of hydrogen-bond donors (Lipinski definition) is 1. The number of phenols is 1. The second-order valence-corrected chi connectivity index (χ2v) is 8.60. The second kappa shape index (κ2) is 8.41. The molecule has 152 valence electrons. The number of aliphatic imine (C=N–C) groups is 1. The van der Waals surface area contributed by atoms with Gasteiger partial charge in [0, 0.05) is 15.2 Å². The molecule has 0 atom stereocenters. The molecule has 1 N–H and O–H groups in total. The van der Waals surface area contributed by atoms with Crippen molar-refractivity contribution in [3.63, 3.8) is 0 Å². The number of rotatable bonds is 4. The highest BCUT2D eigenvalue weighted by Gasteiger charge is 2.15. The van der Waals surface area contributed by atoms with Crippen molar-refractivity contribution < 1.29 is 14.3 Å². The Hall–Kier alpha value is -2.35. The summed E-state index contributed by atoms with van der Waals surface area (Å²) in [6.07, 6.45) is 1.55. The van der Waals surface area contributed by atoms with Crippen LogP contribution < -0.4 is 4.74 Å². The Balaban J connectivity index is 1.74. The summed E-state index contributed by atoms with van der Waals surface area (Å²) >= 11 is 13.3. The van der Waals surface area contributed by atoms with E-state index >= 15 is 0 Å². The minimum atomic E-state index is -0.0140. The molecular weight excluding hydrogens is 536 g/mol. The third-order valence-electron chi connectivity index (χ3n) is 4.48. The lowest BCUT2D eigenvalue weighted by molar-refractivity contribution is 0.372. The number of aromatic nitrogens is 1. The highest BCUT2D eigenvalue weighted by Crippen LogP contribution is 2.40. The molecule has 8 heteroatoms. The molecule has 1 aromatic heterocycles. The third kappa shape index (κ3) is 3.97. The number of aryl methyl sites for hydroxylation is 1. The van der Waals surface area contributed by atoms with Crippen molar-refractivity contribution in [1.29, 1.82) is 0 Å². The van der Waals surface area contributed by atoms with Crippen LogP contribution in [-0.4, -0.2) is 23.4 Å². The van der Waals surface area contributed by atoms with Gasteiger partial charge in [-0.1, -0.05) is 17.7 Å². The molecule has 4 aromatic rings. The summed E-state index contributed by atoms with van der Waals surface area (Å²) in [5, 5.41) is 10.9. The molecule has 0 spiro atoms. The quantitative estimate of drug-likeness (QED) is 0.268. The number of phenolic OH excluding ortho intramolecular Hbond substituents is 1. The van der Waals surface area contributed by atoms with E-state index in [1.807, 2.05) is 25.1 Å². The lowest BCUT2D eigenvalue weighted by atomic mass is 10.2. The maximum absolute atomic E-state index is 10.4. The van der Waals surface area contributed by atoms with Crippen molar-refractivity contribution in [2.45, 2.75) is 6.92 Å². The van der Waals surface area contributed by atoms with Crippen LogP contribution in [0.4, 0.5) is 5.69 Å². The number of hydrogen-bond acceptors (Lipinski definition) is 5. The average molecular weight is 551 g/mol. The van der Waals surface area contributed by atoms with Crippen LogP contribution in [0.3, 0.4) is 0 Å². The zero-order valence-electron chi connectivity index (χ0n) is 15.9. The molecule has 0 saturated heterocycles. The van der Waals surface area contributed by atoms with Gasteiger partial charge < -0.3 is 14.3 Å². The monoisotopic (exact) mass is 548 g/mol. The number of aromatic hydroxyl groups is 1. The Bertz CT molecular complexity index is 1300. The Kier molecular flexibility index (Phi) is 5.86. The van der Waals surface area contributed by atoms with Gasteiger partial charge in [-0.3, -0.25) is 4.99 Å². The van der Waals surface area contributed by atoms with Crippen molar-refractivity contribution in [2.24, 2.45) is 4.99 Å². The Morgan fingerprint density at radius 1 is 1.17 bits per heavy atom. The van der Waals surface area contributed by atoms with Gasteiger partial charge in [0.25, 0.3) is 0 Å². The molecule has 0 aliphatic carbocycles. The predicted octanol–water partition coefficient (Wildman–Crippen LogP) is 7.45. The molecule has 3 aromatic carbocycles. The second-order valence-electron chi connectivity index (χ2n) is 6.55. The van der Waals surface area contributed by atoms with Crippen molar-refractivity contribution in [3.8, 4) is 23.0 Å². The minimum Gasteiger partial charge on any atom is -0.504 e. The first-order chi connectivity index (χ1) is 14.4. The van der Waals surface area contributed by atoms with Crippen molar-refractivity contribution in [1.82, 2.24) is 4.98 Å². The number of nitrogens with zero attached hydrogens (tertiary/aromatic N) is 2. The topological polar surface area (TPSA) is 67.9 Å². The number of halogens is 3. The van der Waals surface area contributed by atoms with Gasteiger partial charge in [-0.25, -0.2) is 4.98 Å². The molecule has 0 amide bonds. The van der Waals surface area contributed by atoms with E-state index in [1.54, 1.807) is 30.5 Å². The Labute approximate surface area is 194 Å². The van der Waals surface area contributed by atoms with E-state index < -0.39 is 0 Å². The Morgan fingerprint density at radius 2 is 1.97 bits per heavy atom. The van der Waals surface area contributed by atoms with Crippen molar-refractivity contribution >= 4 is 66.5 Å². The highest BCUT2D eigenvalue weighted by atomic mass is 79.9. The largest absolute Gasteiger partial charge is 0.504 e. The van der Waals surface area contributed by atoms with E-state index in [-0.39, 0.29) is 5.75 Å². The van der Waals surface area contributed by atoms with Crippen LogP contribution in [0.2, 0.25) is 5.02 Å². The predicted molar refractivity (Wildman–Crippen MR) is 127 cm³/mol. The Morgan fingerprint density at radius 3 is 2.73 bits per heavy atom. The van der Waals surface area contributed by atoms with Gasteiger partial charge in [-0.15, -0.1) is 0 Å². The van der Waals surface area contributed by atoms with Gasteiger partial charge in [0.1, 0.15) is 5.52 Å². The zero-order chi connectivity index (χ0) is 21.4. The fourth-order valence-corrected chi connectivity index (χ4v) is 3.95. The first kappa shape index (κ1) is 20.9. The molecule has 0 unspecified atom stereocenters. The molecule has 0 radical (unpaired) electrons. The van der Waals surface area contributed by atoms with Gasteiger partial charge in [-0.05, 0) is 80.7 Å². The molecule has 0 aliphatic rings. The normalized spacial score (nSPS) is 11.5. The van der Waals surface area contributed by atoms with E-state index in [1.165, 1.54) is 7.11 Å². The fourth-order valence-electron chi connectivity index (χ4n) is 2.93. The van der Waals surface area contributed by atoms with E-state index in [0.717, 1.165) is 15.6 Å². The van der Waals surface area contributed by atoms with Crippen LogP contribution in [0.25, 0.3) is 22.6 Å². The number of benzene rings is 3. The molecule has 0 bridgehead atoms. The maximum atomic E-state index is 10.4. The van der Waals surface area contributed by atoms with E-state index in [4.69, 9.17) is 20.8 Å². The van der Waals surface area contributed by atoms with Crippen LogP contribution in [-0.2, 0) is 0 Å². The number of methoxy groups -OCH3 is 1. The summed E-state index contributed by atoms with van der Waals surface area (Å²) in [4.78, 5) is 9.02. The summed E-state index contributed by atoms with van der Waals surface area (Å²) in [7, 11) is 1.49. The van der Waals surface area contributed by atoms with E-state index in [9.17, 15) is 5.11 Å². The summed E-state index contributed by atoms with van der Waals surface area (Å²) in [5.74, 6) is 0.746. The maximum Gasteiger partial charge on any atom is 0.228 e. The summed E-state index contributed by atoms with van der Waals surface area (Å²) in [6, 6.07) is 12.8. The minimum absolute atomic E-state index is 0.0140. The molecule has 5 nitrogen and oxygen atoms in total. The SMILES string of the molecule is COc1cc(Br)c(Br)c(C=Nc2ccc(Cl)c(-c3nc4ccc(C)cc4o3)c2)c1O.